The summed E-state index contributed by atoms with van der Waals surface area (Å²) in [5.74, 6) is 0.0542. The minimum Gasteiger partial charge on any atom is -0.289 e. The van der Waals surface area contributed by atoms with Crippen LogP contribution in [-0.2, 0) is 0 Å². The number of benzene rings is 2. The smallest absolute Gasteiger partial charge is 0.194 e. The van der Waals surface area contributed by atoms with Gasteiger partial charge in [0.1, 0.15) is 6.33 Å². The Labute approximate surface area is 115 Å². The van der Waals surface area contributed by atoms with Gasteiger partial charge in [-0.05, 0) is 6.07 Å². The predicted octanol–water partition coefficient (Wildman–Crippen LogP) is 3.26. The van der Waals surface area contributed by atoms with Crippen molar-refractivity contribution in [3.63, 3.8) is 0 Å². The molecule has 0 amide bonds. The second kappa shape index (κ2) is 4.14. The monoisotopic (exact) mass is 268 g/mol. The van der Waals surface area contributed by atoms with Gasteiger partial charge in [0.25, 0.3) is 0 Å². The van der Waals surface area contributed by atoms with Crippen LogP contribution in [0.25, 0.3) is 22.2 Å². The average molecular weight is 269 g/mol. The summed E-state index contributed by atoms with van der Waals surface area (Å²) >= 11 is 0. The van der Waals surface area contributed by atoms with Gasteiger partial charge in [-0.25, -0.2) is 9.97 Å². The molecule has 0 unspecified atom stereocenters. The first kappa shape index (κ1) is 11.8. The zero-order chi connectivity index (χ0) is 12.1. The van der Waals surface area contributed by atoms with Crippen LogP contribution in [0, 0.1) is 0 Å². The summed E-state index contributed by atoms with van der Waals surface area (Å²) in [6.07, 6.45) is 1.55. The van der Waals surface area contributed by atoms with Crippen LogP contribution in [0.4, 0.5) is 0 Å². The quantitative estimate of drug-likeness (QED) is 0.492. The molecule has 1 aliphatic rings. The van der Waals surface area contributed by atoms with Crippen LogP contribution in [-0.4, -0.2) is 15.8 Å². The van der Waals surface area contributed by atoms with Crippen molar-refractivity contribution in [2.24, 2.45) is 0 Å². The Hall–Kier alpha value is -2.26. The molecule has 1 aromatic heterocycles. The number of ketones is 1. The molecule has 4 heteroatoms. The number of fused-ring (bicyclic) bond motifs is 2. The minimum atomic E-state index is 0. The SMILES string of the molecule is Cl.O=C1c2ccccc2-c2ncnc3cccc1c23. The van der Waals surface area contributed by atoms with Crippen molar-refractivity contribution in [2.45, 2.75) is 0 Å². The number of carbonyl (C=O) groups excluding carboxylic acids is 1. The molecule has 0 radical (unpaired) electrons. The normalized spacial score (nSPS) is 11.9. The zero-order valence-electron chi connectivity index (χ0n) is 9.83. The summed E-state index contributed by atoms with van der Waals surface area (Å²) in [7, 11) is 0. The first-order valence-corrected chi connectivity index (χ1v) is 5.74. The van der Waals surface area contributed by atoms with Crippen LogP contribution in [0.15, 0.2) is 48.8 Å². The van der Waals surface area contributed by atoms with Gasteiger partial charge in [0.05, 0.1) is 11.2 Å². The Morgan fingerprint density at radius 1 is 0.789 bits per heavy atom. The Morgan fingerprint density at radius 2 is 1.53 bits per heavy atom. The molecule has 19 heavy (non-hydrogen) atoms. The fourth-order valence-corrected chi connectivity index (χ4v) is 2.54. The lowest BCUT2D eigenvalue weighted by Crippen LogP contribution is -2.11. The molecule has 92 valence electrons. The van der Waals surface area contributed by atoms with Crippen molar-refractivity contribution in [3.05, 3.63) is 59.9 Å². The summed E-state index contributed by atoms with van der Waals surface area (Å²) in [5.41, 5.74) is 3.98. The van der Waals surface area contributed by atoms with E-state index >= 15 is 0 Å². The molecule has 0 fully saturated rings. The van der Waals surface area contributed by atoms with Crippen molar-refractivity contribution in [1.82, 2.24) is 9.97 Å². The average Bonchev–Trinajstić information content (AvgIpc) is 2.44. The molecule has 0 saturated heterocycles. The maximum Gasteiger partial charge on any atom is 0.194 e. The van der Waals surface area contributed by atoms with Gasteiger partial charge in [0.15, 0.2) is 5.78 Å². The summed E-state index contributed by atoms with van der Waals surface area (Å²) in [6, 6.07) is 13.2. The van der Waals surface area contributed by atoms with E-state index in [4.69, 9.17) is 0 Å². The van der Waals surface area contributed by atoms with Gasteiger partial charge in [-0.3, -0.25) is 4.79 Å². The molecule has 1 aliphatic carbocycles. The van der Waals surface area contributed by atoms with Crippen molar-refractivity contribution in [2.75, 3.05) is 0 Å². The van der Waals surface area contributed by atoms with Crippen LogP contribution in [0.3, 0.4) is 0 Å². The molecule has 1 heterocycles. The van der Waals surface area contributed by atoms with E-state index in [1.807, 2.05) is 42.5 Å². The van der Waals surface area contributed by atoms with E-state index in [0.717, 1.165) is 27.7 Å². The maximum absolute atomic E-state index is 12.4. The zero-order valence-corrected chi connectivity index (χ0v) is 10.6. The van der Waals surface area contributed by atoms with Crippen LogP contribution >= 0.6 is 12.4 Å². The third-order valence-corrected chi connectivity index (χ3v) is 3.33. The number of halogens is 1. The fourth-order valence-electron chi connectivity index (χ4n) is 2.54. The van der Waals surface area contributed by atoms with Gasteiger partial charge in [-0.15, -0.1) is 12.4 Å². The number of nitrogens with zero attached hydrogens (tertiary/aromatic N) is 2. The van der Waals surface area contributed by atoms with E-state index in [2.05, 4.69) is 9.97 Å². The summed E-state index contributed by atoms with van der Waals surface area (Å²) < 4.78 is 0. The predicted molar refractivity (Wildman–Crippen MR) is 75.7 cm³/mol. The van der Waals surface area contributed by atoms with E-state index in [0.29, 0.717) is 5.56 Å². The van der Waals surface area contributed by atoms with Crippen LogP contribution in [0.5, 0.6) is 0 Å². The lowest BCUT2D eigenvalue weighted by atomic mass is 9.87. The summed E-state index contributed by atoms with van der Waals surface area (Å²) in [4.78, 5) is 21.0. The van der Waals surface area contributed by atoms with Gasteiger partial charge in [0, 0.05) is 22.1 Å². The lowest BCUT2D eigenvalue weighted by Gasteiger charge is -2.17. The Bertz CT molecular complexity index is 809. The topological polar surface area (TPSA) is 42.9 Å². The second-order valence-electron chi connectivity index (χ2n) is 4.30. The molecule has 3 aromatic rings. The summed E-state index contributed by atoms with van der Waals surface area (Å²) in [6.45, 7) is 0. The molecule has 0 saturated carbocycles. The Kier molecular flexibility index (Phi) is 2.57. The molecule has 3 nitrogen and oxygen atoms in total. The second-order valence-corrected chi connectivity index (χ2v) is 4.30. The van der Waals surface area contributed by atoms with E-state index < -0.39 is 0 Å². The molecule has 4 rings (SSSR count). The van der Waals surface area contributed by atoms with Crippen LogP contribution in [0.2, 0.25) is 0 Å². The molecule has 0 N–H and O–H groups in total. The highest BCUT2D eigenvalue weighted by atomic mass is 35.5. The fraction of sp³-hybridized carbons (Fsp3) is 0. The molecule has 0 spiro atoms. The van der Waals surface area contributed by atoms with E-state index in [1.165, 1.54) is 0 Å². The van der Waals surface area contributed by atoms with Crippen LogP contribution in [0.1, 0.15) is 15.9 Å². The molecular formula is C15H9ClN2O. The van der Waals surface area contributed by atoms with Crippen molar-refractivity contribution < 1.29 is 4.79 Å². The molecule has 0 bridgehead atoms. The van der Waals surface area contributed by atoms with Gasteiger partial charge >= 0.3 is 0 Å². The largest absolute Gasteiger partial charge is 0.289 e. The van der Waals surface area contributed by atoms with Gasteiger partial charge in [0.2, 0.25) is 0 Å². The van der Waals surface area contributed by atoms with Crippen LogP contribution < -0.4 is 0 Å². The van der Waals surface area contributed by atoms with E-state index in [1.54, 1.807) is 6.33 Å². The highest BCUT2D eigenvalue weighted by molar-refractivity contribution is 6.24. The number of hydrogen-bond acceptors (Lipinski definition) is 3. The minimum absolute atomic E-state index is 0. The molecular weight excluding hydrogens is 260 g/mol. The van der Waals surface area contributed by atoms with Gasteiger partial charge in [-0.2, -0.15) is 0 Å². The van der Waals surface area contributed by atoms with E-state index in [-0.39, 0.29) is 18.2 Å². The number of hydrogen-bond donors (Lipinski definition) is 0. The van der Waals surface area contributed by atoms with E-state index in [9.17, 15) is 4.79 Å². The highest BCUT2D eigenvalue weighted by Crippen LogP contribution is 2.36. The lowest BCUT2D eigenvalue weighted by molar-refractivity contribution is 0.104. The van der Waals surface area contributed by atoms with Crippen molar-refractivity contribution in [3.8, 4) is 11.3 Å². The maximum atomic E-state index is 12.4. The third-order valence-electron chi connectivity index (χ3n) is 3.33. The Balaban J connectivity index is 0.00000110. The van der Waals surface area contributed by atoms with Crippen molar-refractivity contribution >= 4 is 29.1 Å². The molecule has 0 aliphatic heterocycles. The highest BCUT2D eigenvalue weighted by Gasteiger charge is 2.25. The first-order chi connectivity index (χ1) is 8.86. The standard InChI is InChI=1S/C15H8N2O.ClH/c18-15-10-5-2-1-4-9(10)14-13-11(15)6-3-7-12(13)16-8-17-14;/h1-8H;1H. The van der Waals surface area contributed by atoms with Gasteiger partial charge < -0.3 is 0 Å². The molecule has 0 atom stereocenters. The Morgan fingerprint density at radius 3 is 2.37 bits per heavy atom. The summed E-state index contributed by atoms with van der Waals surface area (Å²) in [5, 5.41) is 0.865. The number of rotatable bonds is 0. The van der Waals surface area contributed by atoms with Gasteiger partial charge in [-0.1, -0.05) is 36.4 Å². The number of aromatic nitrogens is 2. The molecule has 2 aromatic carbocycles. The third kappa shape index (κ3) is 1.48. The number of carbonyl (C=O) groups is 1. The first-order valence-electron chi connectivity index (χ1n) is 5.74. The van der Waals surface area contributed by atoms with Crippen molar-refractivity contribution in [1.29, 1.82) is 0 Å².